The van der Waals surface area contributed by atoms with Crippen LogP contribution in [0.5, 0.6) is 0 Å². The van der Waals surface area contributed by atoms with Crippen molar-refractivity contribution in [2.24, 2.45) is 0 Å². The Balaban J connectivity index is 2.16. The number of nitrogens with zero attached hydrogens (tertiary/aromatic N) is 3. The molecule has 1 unspecified atom stereocenters. The summed E-state index contributed by atoms with van der Waals surface area (Å²) in [5, 5.41) is 16.6. The van der Waals surface area contributed by atoms with E-state index in [1.165, 1.54) is 0 Å². The lowest BCUT2D eigenvalue weighted by molar-refractivity contribution is 0.0696. The van der Waals surface area contributed by atoms with Crippen LogP contribution in [0.25, 0.3) is 0 Å². The number of carboxylic acids is 1. The minimum Gasteiger partial charge on any atom is -0.478 e. The van der Waals surface area contributed by atoms with Gasteiger partial charge in [0.15, 0.2) is 0 Å². The maximum atomic E-state index is 11.2. The monoisotopic (exact) mass is 288 g/mol. The largest absolute Gasteiger partial charge is 0.478 e. The number of hydrogen-bond donors (Lipinski definition) is 2. The van der Waals surface area contributed by atoms with Crippen LogP contribution in [0.2, 0.25) is 0 Å². The predicted octanol–water partition coefficient (Wildman–Crippen LogP) is 2.60. The zero-order chi connectivity index (χ0) is 15.4. The number of rotatable bonds is 6. The Morgan fingerprint density at radius 2 is 2.14 bits per heavy atom. The zero-order valence-corrected chi connectivity index (χ0v) is 12.4. The van der Waals surface area contributed by atoms with Crippen LogP contribution in [0.15, 0.2) is 30.6 Å². The van der Waals surface area contributed by atoms with Crippen molar-refractivity contribution in [2.45, 2.75) is 39.3 Å². The number of hydrogen-bond acceptors (Lipinski definition) is 4. The van der Waals surface area contributed by atoms with Crippen LogP contribution in [-0.4, -0.2) is 31.9 Å². The van der Waals surface area contributed by atoms with Gasteiger partial charge in [0.2, 0.25) is 0 Å². The highest BCUT2D eigenvalue weighted by Gasteiger charge is 2.12. The summed E-state index contributed by atoms with van der Waals surface area (Å²) in [4.78, 5) is 15.7. The summed E-state index contributed by atoms with van der Waals surface area (Å²) in [6.45, 7) is 6.67. The molecular formula is C15H20N4O2. The normalized spacial score (nSPS) is 12.4. The third-order valence-electron chi connectivity index (χ3n) is 3.10. The fourth-order valence-electron chi connectivity index (χ4n) is 2.03. The molecule has 2 rings (SSSR count). The number of aromatic carboxylic acids is 1. The van der Waals surface area contributed by atoms with E-state index in [4.69, 9.17) is 0 Å². The SMILES string of the molecule is CC(Cn1cccn1)Nc1cc(C(=O)O)cc(C(C)C)n1. The second-order valence-corrected chi connectivity index (χ2v) is 5.40. The molecule has 112 valence electrons. The first-order valence-electron chi connectivity index (χ1n) is 6.95. The minimum atomic E-state index is -0.943. The molecule has 21 heavy (non-hydrogen) atoms. The summed E-state index contributed by atoms with van der Waals surface area (Å²) in [6.07, 6.45) is 3.62. The molecule has 2 aromatic heterocycles. The predicted molar refractivity (Wildman–Crippen MR) is 80.6 cm³/mol. The number of carbonyl (C=O) groups is 1. The van der Waals surface area contributed by atoms with Crippen molar-refractivity contribution < 1.29 is 9.90 Å². The summed E-state index contributed by atoms with van der Waals surface area (Å²) in [5.41, 5.74) is 1.02. The molecule has 0 aliphatic heterocycles. The summed E-state index contributed by atoms with van der Waals surface area (Å²) >= 11 is 0. The van der Waals surface area contributed by atoms with E-state index in [9.17, 15) is 9.90 Å². The van der Waals surface area contributed by atoms with Crippen LogP contribution in [0.4, 0.5) is 5.82 Å². The molecule has 0 aliphatic carbocycles. The van der Waals surface area contributed by atoms with Crippen LogP contribution >= 0.6 is 0 Å². The van der Waals surface area contributed by atoms with E-state index in [0.29, 0.717) is 12.4 Å². The van der Waals surface area contributed by atoms with Gasteiger partial charge >= 0.3 is 5.97 Å². The van der Waals surface area contributed by atoms with Crippen molar-refractivity contribution in [1.82, 2.24) is 14.8 Å². The Labute approximate surface area is 123 Å². The molecule has 0 radical (unpaired) electrons. The second kappa shape index (κ2) is 6.39. The molecule has 1 atom stereocenters. The van der Waals surface area contributed by atoms with Gasteiger partial charge in [-0.2, -0.15) is 5.10 Å². The Kier molecular flexibility index (Phi) is 4.57. The first-order valence-corrected chi connectivity index (χ1v) is 6.95. The summed E-state index contributed by atoms with van der Waals surface area (Å²) in [5.74, 6) is -0.188. The molecule has 6 nitrogen and oxygen atoms in total. The average molecular weight is 288 g/mol. The fraction of sp³-hybridized carbons (Fsp3) is 0.400. The number of pyridine rings is 1. The summed E-state index contributed by atoms with van der Waals surface area (Å²) in [6, 6.07) is 5.14. The molecule has 2 heterocycles. The van der Waals surface area contributed by atoms with Crippen molar-refractivity contribution in [3.8, 4) is 0 Å². The molecule has 0 spiro atoms. The van der Waals surface area contributed by atoms with E-state index >= 15 is 0 Å². The highest BCUT2D eigenvalue weighted by Crippen LogP contribution is 2.18. The summed E-state index contributed by atoms with van der Waals surface area (Å²) in [7, 11) is 0. The fourth-order valence-corrected chi connectivity index (χ4v) is 2.03. The van der Waals surface area contributed by atoms with Crippen LogP contribution < -0.4 is 5.32 Å². The zero-order valence-electron chi connectivity index (χ0n) is 12.4. The molecule has 0 fully saturated rings. The van der Waals surface area contributed by atoms with Crippen LogP contribution in [0, 0.1) is 0 Å². The lowest BCUT2D eigenvalue weighted by Crippen LogP contribution is -2.23. The van der Waals surface area contributed by atoms with Crippen molar-refractivity contribution in [3.05, 3.63) is 41.9 Å². The second-order valence-electron chi connectivity index (χ2n) is 5.40. The van der Waals surface area contributed by atoms with Gasteiger partial charge in [-0.05, 0) is 31.0 Å². The average Bonchev–Trinajstić information content (AvgIpc) is 2.90. The topological polar surface area (TPSA) is 80.0 Å². The van der Waals surface area contributed by atoms with Gasteiger partial charge in [-0.1, -0.05) is 13.8 Å². The number of anilines is 1. The molecule has 0 aliphatic rings. The highest BCUT2D eigenvalue weighted by atomic mass is 16.4. The molecule has 6 heteroatoms. The van der Waals surface area contributed by atoms with E-state index in [-0.39, 0.29) is 17.5 Å². The number of carboxylic acid groups (broad SMARTS) is 1. The third kappa shape index (κ3) is 4.05. The number of aromatic nitrogens is 3. The smallest absolute Gasteiger partial charge is 0.335 e. The van der Waals surface area contributed by atoms with Gasteiger partial charge in [0.05, 0.1) is 12.1 Å². The maximum absolute atomic E-state index is 11.2. The Morgan fingerprint density at radius 3 is 2.71 bits per heavy atom. The first kappa shape index (κ1) is 15.0. The van der Waals surface area contributed by atoms with Crippen LogP contribution in [0.1, 0.15) is 42.7 Å². The molecule has 2 N–H and O–H groups in total. The van der Waals surface area contributed by atoms with Crippen molar-refractivity contribution in [3.63, 3.8) is 0 Å². The molecule has 0 bridgehead atoms. The van der Waals surface area contributed by atoms with Gasteiger partial charge in [0.25, 0.3) is 0 Å². The van der Waals surface area contributed by atoms with Crippen molar-refractivity contribution >= 4 is 11.8 Å². The van der Waals surface area contributed by atoms with Crippen molar-refractivity contribution in [1.29, 1.82) is 0 Å². The molecular weight excluding hydrogens is 268 g/mol. The first-order chi connectivity index (χ1) is 9.95. The van der Waals surface area contributed by atoms with E-state index in [1.807, 2.05) is 37.7 Å². The molecule has 0 aromatic carbocycles. The Bertz CT molecular complexity index is 608. The third-order valence-corrected chi connectivity index (χ3v) is 3.10. The molecule has 2 aromatic rings. The van der Waals surface area contributed by atoms with E-state index < -0.39 is 5.97 Å². The summed E-state index contributed by atoms with van der Waals surface area (Å²) < 4.78 is 1.82. The van der Waals surface area contributed by atoms with Gasteiger partial charge < -0.3 is 10.4 Å². The maximum Gasteiger partial charge on any atom is 0.335 e. The Morgan fingerprint density at radius 1 is 1.38 bits per heavy atom. The van der Waals surface area contributed by atoms with Gasteiger partial charge in [-0.25, -0.2) is 9.78 Å². The molecule has 0 saturated heterocycles. The van der Waals surface area contributed by atoms with E-state index in [2.05, 4.69) is 15.4 Å². The van der Waals surface area contributed by atoms with Crippen LogP contribution in [-0.2, 0) is 6.54 Å². The lowest BCUT2D eigenvalue weighted by atomic mass is 10.1. The minimum absolute atomic E-state index is 0.0847. The van der Waals surface area contributed by atoms with E-state index in [0.717, 1.165) is 5.69 Å². The van der Waals surface area contributed by atoms with Gasteiger partial charge in [0.1, 0.15) is 5.82 Å². The van der Waals surface area contributed by atoms with E-state index in [1.54, 1.807) is 18.3 Å². The van der Waals surface area contributed by atoms with Gasteiger partial charge in [-0.3, -0.25) is 4.68 Å². The van der Waals surface area contributed by atoms with Gasteiger partial charge in [0, 0.05) is 24.1 Å². The number of nitrogens with one attached hydrogen (secondary N) is 1. The Hall–Kier alpha value is -2.37. The molecule has 0 amide bonds. The standard InChI is InChI=1S/C15H20N4O2/c1-10(2)13-7-12(15(20)21)8-14(18-13)17-11(3)9-19-6-4-5-16-19/h4-8,10-11H,9H2,1-3H3,(H,17,18)(H,20,21). The van der Waals surface area contributed by atoms with Crippen molar-refractivity contribution in [2.75, 3.05) is 5.32 Å². The lowest BCUT2D eigenvalue weighted by Gasteiger charge is -2.16. The van der Waals surface area contributed by atoms with Crippen LogP contribution in [0.3, 0.4) is 0 Å². The molecule has 0 saturated carbocycles. The highest BCUT2D eigenvalue weighted by molar-refractivity contribution is 5.88. The van der Waals surface area contributed by atoms with Gasteiger partial charge in [-0.15, -0.1) is 0 Å². The quantitative estimate of drug-likeness (QED) is 0.854.